The fraction of sp³-hybridized carbons (Fsp3) is 0.333. The molecule has 4 nitrogen and oxygen atoms in total. The second-order valence-corrected chi connectivity index (χ2v) is 4.89. The van der Waals surface area contributed by atoms with Gasteiger partial charge in [-0.1, -0.05) is 30.3 Å². The van der Waals surface area contributed by atoms with E-state index in [2.05, 4.69) is 11.9 Å². The smallest absolute Gasteiger partial charge is 0.276 e. The van der Waals surface area contributed by atoms with Gasteiger partial charge in [0.25, 0.3) is 5.91 Å². The van der Waals surface area contributed by atoms with Crippen molar-refractivity contribution in [2.24, 2.45) is 0 Å². The van der Waals surface area contributed by atoms with Crippen molar-refractivity contribution in [3.8, 4) is 11.3 Å². The van der Waals surface area contributed by atoms with Crippen LogP contribution in [0.25, 0.3) is 11.3 Å². The van der Waals surface area contributed by atoms with Gasteiger partial charge in [0.1, 0.15) is 0 Å². The number of aromatic nitrogens is 1. The van der Waals surface area contributed by atoms with Crippen molar-refractivity contribution in [2.45, 2.75) is 25.8 Å². The highest BCUT2D eigenvalue weighted by atomic mass is 16.3. The van der Waals surface area contributed by atoms with Crippen molar-refractivity contribution in [1.82, 2.24) is 9.88 Å². The molecule has 1 aliphatic heterocycles. The highest BCUT2D eigenvalue weighted by Crippen LogP contribution is 2.26. The van der Waals surface area contributed by atoms with Crippen molar-refractivity contribution < 1.29 is 9.21 Å². The van der Waals surface area contributed by atoms with Crippen LogP contribution in [-0.2, 0) is 0 Å². The largest absolute Gasteiger partial charge is 0.443 e. The van der Waals surface area contributed by atoms with Gasteiger partial charge in [-0.25, -0.2) is 4.98 Å². The van der Waals surface area contributed by atoms with Crippen molar-refractivity contribution in [1.29, 1.82) is 0 Å². The number of oxazole rings is 1. The predicted octanol–water partition coefficient (Wildman–Crippen LogP) is 2.97. The molecule has 0 bridgehead atoms. The highest BCUT2D eigenvalue weighted by Gasteiger charge is 2.29. The summed E-state index contributed by atoms with van der Waals surface area (Å²) in [5.41, 5.74) is 1.30. The molecule has 1 saturated heterocycles. The number of nitrogens with zero attached hydrogens (tertiary/aromatic N) is 2. The van der Waals surface area contributed by atoms with Gasteiger partial charge in [-0.2, -0.15) is 0 Å². The summed E-state index contributed by atoms with van der Waals surface area (Å²) in [6.07, 6.45) is 3.46. The Balaban J connectivity index is 1.94. The zero-order valence-corrected chi connectivity index (χ0v) is 10.9. The van der Waals surface area contributed by atoms with Crippen LogP contribution in [0.5, 0.6) is 0 Å². The van der Waals surface area contributed by atoms with Crippen LogP contribution in [0, 0.1) is 0 Å². The zero-order valence-electron chi connectivity index (χ0n) is 10.9. The Morgan fingerprint density at radius 3 is 2.84 bits per heavy atom. The molecule has 1 amide bonds. The zero-order chi connectivity index (χ0) is 13.2. The number of hydrogen-bond acceptors (Lipinski definition) is 3. The molecule has 1 fully saturated rings. The van der Waals surface area contributed by atoms with Crippen molar-refractivity contribution in [2.75, 3.05) is 6.54 Å². The number of rotatable bonds is 2. The number of amides is 1. The van der Waals surface area contributed by atoms with E-state index in [9.17, 15) is 4.79 Å². The number of hydrogen-bond donors (Lipinski definition) is 0. The standard InChI is InChI=1S/C15H16N2O2/c1-11-6-5-9-17(11)15(18)13-14(19-10-16-13)12-7-3-2-4-8-12/h2-4,7-8,10-11H,5-6,9H2,1H3/t11-/m1/s1. The fourth-order valence-electron chi connectivity index (χ4n) is 2.56. The number of likely N-dealkylation sites (tertiary alicyclic amines) is 1. The SMILES string of the molecule is C[C@@H]1CCCN1C(=O)c1ncoc1-c1ccccc1. The Bertz CT molecular complexity index is 577. The minimum atomic E-state index is -0.0300. The van der Waals surface area contributed by atoms with Gasteiger partial charge in [-0.05, 0) is 19.8 Å². The maximum absolute atomic E-state index is 12.5. The molecule has 0 saturated carbocycles. The van der Waals surface area contributed by atoms with Gasteiger partial charge in [0.05, 0.1) is 0 Å². The maximum atomic E-state index is 12.5. The molecule has 0 N–H and O–H groups in total. The Labute approximate surface area is 112 Å². The van der Waals surface area contributed by atoms with E-state index in [0.717, 1.165) is 24.9 Å². The summed E-state index contributed by atoms with van der Waals surface area (Å²) in [7, 11) is 0. The molecule has 0 spiro atoms. The topological polar surface area (TPSA) is 46.3 Å². The molecule has 98 valence electrons. The van der Waals surface area contributed by atoms with E-state index in [0.29, 0.717) is 11.5 Å². The summed E-state index contributed by atoms with van der Waals surface area (Å²) < 4.78 is 5.41. The van der Waals surface area contributed by atoms with Gasteiger partial charge in [0.15, 0.2) is 17.8 Å². The van der Waals surface area contributed by atoms with Crippen LogP contribution in [0.2, 0.25) is 0 Å². The van der Waals surface area contributed by atoms with Gasteiger partial charge in [-0.15, -0.1) is 0 Å². The first kappa shape index (κ1) is 12.0. The summed E-state index contributed by atoms with van der Waals surface area (Å²) in [4.78, 5) is 18.5. The summed E-state index contributed by atoms with van der Waals surface area (Å²) in [5, 5.41) is 0. The molecule has 0 aliphatic carbocycles. The van der Waals surface area contributed by atoms with Gasteiger partial charge in [0.2, 0.25) is 0 Å². The van der Waals surface area contributed by atoms with Crippen molar-refractivity contribution in [3.63, 3.8) is 0 Å². The summed E-state index contributed by atoms with van der Waals surface area (Å²) in [6.45, 7) is 2.88. The van der Waals surface area contributed by atoms with Crippen molar-refractivity contribution >= 4 is 5.91 Å². The lowest BCUT2D eigenvalue weighted by atomic mass is 10.1. The molecule has 0 radical (unpaired) electrons. The normalized spacial score (nSPS) is 18.8. The second-order valence-electron chi connectivity index (χ2n) is 4.89. The first-order valence-corrected chi connectivity index (χ1v) is 6.57. The third-order valence-corrected chi connectivity index (χ3v) is 3.62. The predicted molar refractivity (Wildman–Crippen MR) is 71.7 cm³/mol. The Hall–Kier alpha value is -2.10. The van der Waals surface area contributed by atoms with Crippen LogP contribution in [0.4, 0.5) is 0 Å². The van der Waals surface area contributed by atoms with Crippen LogP contribution >= 0.6 is 0 Å². The van der Waals surface area contributed by atoms with E-state index >= 15 is 0 Å². The van der Waals surface area contributed by atoms with Gasteiger partial charge >= 0.3 is 0 Å². The summed E-state index contributed by atoms with van der Waals surface area (Å²) >= 11 is 0. The van der Waals surface area contributed by atoms with Crippen LogP contribution in [-0.4, -0.2) is 28.4 Å². The van der Waals surface area contributed by atoms with Gasteiger partial charge in [-0.3, -0.25) is 4.79 Å². The molecule has 1 aromatic heterocycles. The third-order valence-electron chi connectivity index (χ3n) is 3.62. The third kappa shape index (κ3) is 2.14. The average molecular weight is 256 g/mol. The minimum absolute atomic E-state index is 0.0300. The molecule has 2 heterocycles. The first-order valence-electron chi connectivity index (χ1n) is 6.57. The van der Waals surface area contributed by atoms with Crippen LogP contribution in [0.1, 0.15) is 30.3 Å². The second kappa shape index (κ2) is 4.88. The van der Waals surface area contributed by atoms with Crippen molar-refractivity contribution in [3.05, 3.63) is 42.4 Å². The average Bonchev–Trinajstić information content (AvgIpc) is 3.07. The number of benzene rings is 1. The Morgan fingerprint density at radius 1 is 1.37 bits per heavy atom. The molecule has 3 rings (SSSR count). The molecule has 19 heavy (non-hydrogen) atoms. The molecule has 4 heteroatoms. The summed E-state index contributed by atoms with van der Waals surface area (Å²) in [6, 6.07) is 9.90. The van der Waals surface area contributed by atoms with E-state index < -0.39 is 0 Å². The molecule has 2 aromatic rings. The Morgan fingerprint density at radius 2 is 2.16 bits per heavy atom. The quantitative estimate of drug-likeness (QED) is 0.829. The lowest BCUT2D eigenvalue weighted by Gasteiger charge is -2.20. The van der Waals surface area contributed by atoms with Gasteiger partial charge < -0.3 is 9.32 Å². The molecule has 1 atom stereocenters. The van der Waals surface area contributed by atoms with Crippen LogP contribution in [0.15, 0.2) is 41.1 Å². The van der Waals surface area contributed by atoms with Crippen LogP contribution < -0.4 is 0 Å². The number of carbonyl (C=O) groups is 1. The van der Waals surface area contributed by atoms with E-state index in [1.807, 2.05) is 35.2 Å². The fourth-order valence-corrected chi connectivity index (χ4v) is 2.56. The summed E-state index contributed by atoms with van der Waals surface area (Å²) in [5.74, 6) is 0.530. The molecular formula is C15H16N2O2. The van der Waals surface area contributed by atoms with Gasteiger partial charge in [0, 0.05) is 18.2 Å². The Kier molecular flexibility index (Phi) is 3.07. The lowest BCUT2D eigenvalue weighted by Crippen LogP contribution is -2.34. The number of carbonyl (C=O) groups excluding carboxylic acids is 1. The molecular weight excluding hydrogens is 240 g/mol. The van der Waals surface area contributed by atoms with E-state index in [-0.39, 0.29) is 11.9 Å². The molecule has 1 aromatic carbocycles. The molecule has 1 aliphatic rings. The minimum Gasteiger partial charge on any atom is -0.443 e. The highest BCUT2D eigenvalue weighted by molar-refractivity contribution is 5.97. The molecule has 0 unspecified atom stereocenters. The first-order chi connectivity index (χ1) is 9.27. The maximum Gasteiger partial charge on any atom is 0.276 e. The van der Waals surface area contributed by atoms with E-state index in [1.165, 1.54) is 6.39 Å². The van der Waals surface area contributed by atoms with E-state index in [1.54, 1.807) is 0 Å². The van der Waals surface area contributed by atoms with Crippen LogP contribution in [0.3, 0.4) is 0 Å². The van der Waals surface area contributed by atoms with E-state index in [4.69, 9.17) is 4.42 Å². The monoisotopic (exact) mass is 256 g/mol. The lowest BCUT2D eigenvalue weighted by molar-refractivity contribution is 0.0742.